The lowest BCUT2D eigenvalue weighted by molar-refractivity contribution is -0.174. The minimum Gasteiger partial charge on any atom is -0.497 e. The van der Waals surface area contributed by atoms with Gasteiger partial charge in [0.2, 0.25) is 0 Å². The van der Waals surface area contributed by atoms with Crippen LogP contribution in [0.3, 0.4) is 0 Å². The summed E-state index contributed by atoms with van der Waals surface area (Å²) in [4.78, 5) is 0. The Kier molecular flexibility index (Phi) is 7.21. The molecule has 1 aliphatic carbocycles. The predicted molar refractivity (Wildman–Crippen MR) is 124 cm³/mol. The van der Waals surface area contributed by atoms with Gasteiger partial charge in [-0.1, -0.05) is 61.7 Å². The molecular weight excluding hydrogens is 404 g/mol. The molecule has 1 N–H and O–H groups in total. The summed E-state index contributed by atoms with van der Waals surface area (Å²) in [7, 11) is 1.66. The van der Waals surface area contributed by atoms with Crippen LogP contribution < -0.4 is 4.74 Å². The summed E-state index contributed by atoms with van der Waals surface area (Å²) in [6.45, 7) is 4.48. The highest BCUT2D eigenvalue weighted by atomic mass is 16.7. The van der Waals surface area contributed by atoms with Crippen LogP contribution in [0.5, 0.6) is 5.75 Å². The van der Waals surface area contributed by atoms with Gasteiger partial charge >= 0.3 is 0 Å². The Balaban J connectivity index is 1.60. The molecule has 2 aliphatic rings. The molecule has 0 amide bonds. The molecular formula is C27H36O5. The summed E-state index contributed by atoms with van der Waals surface area (Å²) in [6, 6.07) is 17.8. The number of benzene rings is 2. The highest BCUT2D eigenvalue weighted by molar-refractivity contribution is 5.29. The van der Waals surface area contributed by atoms with Crippen molar-refractivity contribution in [3.05, 3.63) is 65.7 Å². The highest BCUT2D eigenvalue weighted by Crippen LogP contribution is 2.42. The first-order chi connectivity index (χ1) is 15.4. The molecule has 32 heavy (non-hydrogen) atoms. The fourth-order valence-electron chi connectivity index (χ4n) is 5.04. The van der Waals surface area contributed by atoms with E-state index in [2.05, 4.69) is 0 Å². The van der Waals surface area contributed by atoms with E-state index < -0.39 is 11.4 Å². The molecule has 2 fully saturated rings. The Morgan fingerprint density at radius 1 is 1.03 bits per heavy atom. The van der Waals surface area contributed by atoms with Gasteiger partial charge in [0.15, 0.2) is 5.79 Å². The third kappa shape index (κ3) is 5.18. The van der Waals surface area contributed by atoms with Gasteiger partial charge in [0.25, 0.3) is 0 Å². The van der Waals surface area contributed by atoms with E-state index in [1.165, 1.54) is 6.42 Å². The van der Waals surface area contributed by atoms with Gasteiger partial charge in [0.1, 0.15) is 23.6 Å². The normalized spacial score (nSPS) is 24.1. The van der Waals surface area contributed by atoms with E-state index in [9.17, 15) is 5.11 Å². The van der Waals surface area contributed by atoms with Gasteiger partial charge in [-0.05, 0) is 55.9 Å². The molecule has 5 heteroatoms. The number of methoxy groups -OCH3 is 1. The van der Waals surface area contributed by atoms with Crippen molar-refractivity contribution in [3.8, 4) is 5.75 Å². The monoisotopic (exact) mass is 440 g/mol. The molecule has 1 saturated heterocycles. The van der Waals surface area contributed by atoms with Crippen molar-refractivity contribution in [1.82, 2.24) is 0 Å². The lowest BCUT2D eigenvalue weighted by Crippen LogP contribution is -2.42. The van der Waals surface area contributed by atoms with E-state index >= 15 is 0 Å². The molecule has 1 aliphatic heterocycles. The first kappa shape index (κ1) is 23.2. The van der Waals surface area contributed by atoms with Crippen molar-refractivity contribution in [1.29, 1.82) is 0 Å². The quantitative estimate of drug-likeness (QED) is 0.598. The first-order valence-electron chi connectivity index (χ1n) is 11.8. The second-order valence-electron chi connectivity index (χ2n) is 9.50. The van der Waals surface area contributed by atoms with Crippen LogP contribution in [0.4, 0.5) is 0 Å². The van der Waals surface area contributed by atoms with Crippen LogP contribution in [-0.4, -0.2) is 37.3 Å². The van der Waals surface area contributed by atoms with Gasteiger partial charge in [-0.2, -0.15) is 0 Å². The average molecular weight is 441 g/mol. The molecule has 174 valence electrons. The smallest absolute Gasteiger partial charge is 0.163 e. The van der Waals surface area contributed by atoms with Crippen LogP contribution in [0, 0.1) is 5.92 Å². The second-order valence-corrected chi connectivity index (χ2v) is 9.50. The predicted octanol–water partition coefficient (Wildman–Crippen LogP) is 5.37. The second kappa shape index (κ2) is 9.92. The Hall–Kier alpha value is -1.92. The van der Waals surface area contributed by atoms with Crippen LogP contribution in [-0.2, 0) is 19.8 Å². The molecule has 5 nitrogen and oxygen atoms in total. The van der Waals surface area contributed by atoms with Gasteiger partial charge < -0.3 is 24.1 Å². The fourth-order valence-corrected chi connectivity index (χ4v) is 5.04. The third-order valence-corrected chi connectivity index (χ3v) is 6.85. The van der Waals surface area contributed by atoms with Crippen LogP contribution in [0.2, 0.25) is 0 Å². The van der Waals surface area contributed by atoms with Crippen molar-refractivity contribution in [3.63, 3.8) is 0 Å². The highest BCUT2D eigenvalue weighted by Gasteiger charge is 2.43. The van der Waals surface area contributed by atoms with Crippen molar-refractivity contribution >= 4 is 0 Å². The van der Waals surface area contributed by atoms with Gasteiger partial charge in [-0.3, -0.25) is 0 Å². The third-order valence-electron chi connectivity index (χ3n) is 6.85. The SMILES string of the molecule is COc1ccc([C@@H](OC[C@@](O)(c2ccccc2)C2CCCCC2)[C@H]2COC(C)(C)O2)cc1. The van der Waals surface area contributed by atoms with Gasteiger partial charge in [-0.15, -0.1) is 0 Å². The number of aliphatic hydroxyl groups is 1. The molecule has 1 heterocycles. The number of ether oxygens (including phenoxy) is 4. The molecule has 0 spiro atoms. The van der Waals surface area contributed by atoms with E-state index in [-0.39, 0.29) is 24.7 Å². The van der Waals surface area contributed by atoms with Crippen molar-refractivity contribution in [2.24, 2.45) is 5.92 Å². The molecule has 2 aromatic rings. The maximum atomic E-state index is 12.0. The topological polar surface area (TPSA) is 57.2 Å². The van der Waals surface area contributed by atoms with E-state index in [0.29, 0.717) is 6.61 Å². The van der Waals surface area contributed by atoms with Crippen molar-refractivity contribution < 1.29 is 24.1 Å². The van der Waals surface area contributed by atoms with Crippen LogP contribution in [0.15, 0.2) is 54.6 Å². The van der Waals surface area contributed by atoms with Crippen LogP contribution in [0.1, 0.15) is 63.2 Å². The zero-order chi connectivity index (χ0) is 22.6. The first-order valence-corrected chi connectivity index (χ1v) is 11.8. The number of hydrogen-bond acceptors (Lipinski definition) is 5. The zero-order valence-corrected chi connectivity index (χ0v) is 19.5. The van der Waals surface area contributed by atoms with Crippen LogP contribution in [0.25, 0.3) is 0 Å². The average Bonchev–Trinajstić information content (AvgIpc) is 3.19. The molecule has 0 radical (unpaired) electrons. The fraction of sp³-hybridized carbons (Fsp3) is 0.556. The van der Waals surface area contributed by atoms with E-state index in [1.807, 2.05) is 68.4 Å². The molecule has 0 aromatic heterocycles. The standard InChI is InChI=1S/C27H36O5/c1-26(2)31-18-24(32-26)25(20-14-16-23(29-3)17-15-20)30-19-27(28,21-10-6-4-7-11-21)22-12-8-5-9-13-22/h4,6-7,10-11,14-17,22,24-25,28H,5,8-9,12-13,18-19H2,1-3H3/t24-,25-,27-/m1/s1. The lowest BCUT2D eigenvalue weighted by atomic mass is 9.73. The van der Waals surface area contributed by atoms with E-state index in [0.717, 1.165) is 42.6 Å². The zero-order valence-electron chi connectivity index (χ0n) is 19.5. The Morgan fingerprint density at radius 3 is 2.31 bits per heavy atom. The molecule has 2 aromatic carbocycles. The lowest BCUT2D eigenvalue weighted by Gasteiger charge is -2.40. The van der Waals surface area contributed by atoms with Crippen molar-refractivity contribution in [2.45, 2.75) is 69.5 Å². The minimum absolute atomic E-state index is 0.173. The molecule has 0 bridgehead atoms. The molecule has 0 unspecified atom stereocenters. The van der Waals surface area contributed by atoms with E-state index in [1.54, 1.807) is 7.11 Å². The largest absolute Gasteiger partial charge is 0.497 e. The van der Waals surface area contributed by atoms with Crippen LogP contribution >= 0.6 is 0 Å². The summed E-state index contributed by atoms with van der Waals surface area (Å²) in [6.07, 6.45) is 4.94. The summed E-state index contributed by atoms with van der Waals surface area (Å²) in [5.74, 6) is 0.310. The summed E-state index contributed by atoms with van der Waals surface area (Å²) in [5.41, 5.74) is 0.863. The Morgan fingerprint density at radius 2 is 1.72 bits per heavy atom. The molecule has 1 saturated carbocycles. The Labute approximate surface area is 191 Å². The summed E-state index contributed by atoms with van der Waals surface area (Å²) >= 11 is 0. The van der Waals surface area contributed by atoms with E-state index in [4.69, 9.17) is 18.9 Å². The maximum Gasteiger partial charge on any atom is 0.163 e. The van der Waals surface area contributed by atoms with Gasteiger partial charge in [0.05, 0.1) is 20.3 Å². The Bertz CT molecular complexity index is 844. The van der Waals surface area contributed by atoms with Gasteiger partial charge in [0, 0.05) is 0 Å². The molecule has 4 rings (SSSR count). The summed E-state index contributed by atoms with van der Waals surface area (Å²) < 4.78 is 23.9. The molecule has 3 atom stereocenters. The number of hydrogen-bond donors (Lipinski definition) is 1. The minimum atomic E-state index is -1.04. The maximum absolute atomic E-state index is 12.0. The van der Waals surface area contributed by atoms with Crippen molar-refractivity contribution in [2.75, 3.05) is 20.3 Å². The number of rotatable bonds is 8. The summed E-state index contributed by atoms with van der Waals surface area (Å²) in [5, 5.41) is 12.0. The van der Waals surface area contributed by atoms with Gasteiger partial charge in [-0.25, -0.2) is 0 Å².